The van der Waals surface area contributed by atoms with Crippen LogP contribution < -0.4 is 20.5 Å². The Bertz CT molecular complexity index is 1050. The second-order valence-electron chi connectivity index (χ2n) is 5.92. The van der Waals surface area contributed by atoms with Crippen LogP contribution in [0, 0.1) is 17.1 Å². The van der Waals surface area contributed by atoms with Gasteiger partial charge in [-0.3, -0.25) is 4.98 Å². The fourth-order valence-electron chi connectivity index (χ4n) is 2.68. The van der Waals surface area contributed by atoms with Crippen molar-refractivity contribution in [3.63, 3.8) is 0 Å². The van der Waals surface area contributed by atoms with Crippen LogP contribution in [0.25, 0.3) is 10.9 Å². The average molecular weight is 401 g/mol. The predicted octanol–water partition coefficient (Wildman–Crippen LogP) is 4.38. The zero-order chi connectivity index (χ0) is 20.1. The van der Waals surface area contributed by atoms with Crippen molar-refractivity contribution in [1.82, 2.24) is 4.98 Å². The van der Waals surface area contributed by atoms with Gasteiger partial charge in [-0.15, -0.1) is 0 Å². The monoisotopic (exact) mass is 400 g/mol. The molecule has 8 heteroatoms. The highest BCUT2D eigenvalue weighted by Crippen LogP contribution is 2.37. The van der Waals surface area contributed by atoms with Crippen molar-refractivity contribution in [3.05, 3.63) is 52.9 Å². The summed E-state index contributed by atoms with van der Waals surface area (Å²) in [6, 6.07) is 9.76. The van der Waals surface area contributed by atoms with Crippen LogP contribution in [0.5, 0.6) is 11.5 Å². The van der Waals surface area contributed by atoms with Gasteiger partial charge in [0, 0.05) is 22.7 Å². The fourth-order valence-corrected chi connectivity index (χ4v) is 2.84. The molecular weight excluding hydrogens is 383 g/mol. The van der Waals surface area contributed by atoms with E-state index in [0.29, 0.717) is 47.7 Å². The van der Waals surface area contributed by atoms with Crippen LogP contribution >= 0.6 is 11.6 Å². The molecule has 0 bridgehead atoms. The van der Waals surface area contributed by atoms with Gasteiger partial charge in [0.2, 0.25) is 0 Å². The molecule has 3 rings (SSSR count). The Morgan fingerprint density at radius 2 is 2.11 bits per heavy atom. The number of nitrogens with one attached hydrogen (secondary N) is 1. The average Bonchev–Trinajstić information content (AvgIpc) is 2.69. The Balaban J connectivity index is 2.10. The Hall–Kier alpha value is -3.08. The molecule has 144 valence electrons. The lowest BCUT2D eigenvalue weighted by atomic mass is 10.1. The maximum Gasteiger partial charge on any atom is 0.163 e. The molecule has 0 radical (unpaired) electrons. The summed E-state index contributed by atoms with van der Waals surface area (Å²) >= 11 is 5.81. The lowest BCUT2D eigenvalue weighted by Crippen LogP contribution is -2.07. The largest absolute Gasteiger partial charge is 0.493 e. The van der Waals surface area contributed by atoms with Crippen LogP contribution in [0.4, 0.5) is 15.8 Å². The SMILES string of the molecule is COc1cc2c(Nc3ccc(Cl)cc3F)c(C#N)cnc2cc1OCCCN. The first-order valence-electron chi connectivity index (χ1n) is 8.53. The number of ether oxygens (including phenoxy) is 2. The van der Waals surface area contributed by atoms with Crippen molar-refractivity contribution < 1.29 is 13.9 Å². The quantitative estimate of drug-likeness (QED) is 0.572. The Morgan fingerprint density at radius 1 is 1.29 bits per heavy atom. The van der Waals surface area contributed by atoms with Gasteiger partial charge in [-0.1, -0.05) is 11.6 Å². The molecule has 3 N–H and O–H groups in total. The summed E-state index contributed by atoms with van der Waals surface area (Å²) in [7, 11) is 1.52. The van der Waals surface area contributed by atoms with Crippen molar-refractivity contribution in [3.8, 4) is 17.6 Å². The van der Waals surface area contributed by atoms with E-state index in [9.17, 15) is 9.65 Å². The zero-order valence-corrected chi connectivity index (χ0v) is 15.9. The number of nitriles is 1. The Kier molecular flexibility index (Phi) is 6.14. The summed E-state index contributed by atoms with van der Waals surface area (Å²) in [5.74, 6) is 0.459. The molecule has 0 spiro atoms. The van der Waals surface area contributed by atoms with Gasteiger partial charge in [0.25, 0.3) is 0 Å². The third kappa shape index (κ3) is 4.09. The molecule has 1 aromatic heterocycles. The molecule has 28 heavy (non-hydrogen) atoms. The van der Waals surface area contributed by atoms with Crippen molar-refractivity contribution in [2.75, 3.05) is 25.6 Å². The van der Waals surface area contributed by atoms with Gasteiger partial charge in [-0.25, -0.2) is 4.39 Å². The van der Waals surface area contributed by atoms with Gasteiger partial charge in [-0.05, 0) is 37.2 Å². The molecule has 0 unspecified atom stereocenters. The summed E-state index contributed by atoms with van der Waals surface area (Å²) in [5, 5.41) is 13.3. The number of rotatable bonds is 7. The molecular formula is C20H18ClFN4O2. The molecule has 0 aliphatic carbocycles. The molecule has 0 saturated heterocycles. The first kappa shape index (κ1) is 19.7. The Morgan fingerprint density at radius 3 is 2.79 bits per heavy atom. The van der Waals surface area contributed by atoms with Crippen LogP contribution in [0.1, 0.15) is 12.0 Å². The number of aromatic nitrogens is 1. The number of fused-ring (bicyclic) bond motifs is 1. The molecule has 0 aliphatic rings. The summed E-state index contributed by atoms with van der Waals surface area (Å²) < 4.78 is 25.4. The number of methoxy groups -OCH3 is 1. The summed E-state index contributed by atoms with van der Waals surface area (Å²) in [6.07, 6.45) is 2.12. The van der Waals surface area contributed by atoms with E-state index in [1.54, 1.807) is 18.2 Å². The summed E-state index contributed by atoms with van der Waals surface area (Å²) in [4.78, 5) is 4.32. The van der Waals surface area contributed by atoms with E-state index in [-0.39, 0.29) is 16.3 Å². The number of benzene rings is 2. The van der Waals surface area contributed by atoms with Crippen molar-refractivity contribution in [2.24, 2.45) is 5.73 Å². The molecule has 0 atom stereocenters. The summed E-state index contributed by atoms with van der Waals surface area (Å²) in [5.41, 5.74) is 6.94. The fraction of sp³-hybridized carbons (Fsp3) is 0.200. The second-order valence-corrected chi connectivity index (χ2v) is 6.36. The van der Waals surface area contributed by atoms with Gasteiger partial charge in [-0.2, -0.15) is 5.26 Å². The van der Waals surface area contributed by atoms with E-state index in [1.165, 1.54) is 25.4 Å². The predicted molar refractivity (Wildman–Crippen MR) is 107 cm³/mol. The number of hydrogen-bond donors (Lipinski definition) is 2. The number of hydrogen-bond acceptors (Lipinski definition) is 6. The van der Waals surface area contributed by atoms with Gasteiger partial charge < -0.3 is 20.5 Å². The molecule has 3 aromatic rings. The lowest BCUT2D eigenvalue weighted by Gasteiger charge is -2.15. The standard InChI is InChI=1S/C20H18ClFN4O2/c1-27-18-8-14-17(9-19(18)28-6-2-5-23)25-11-12(10-24)20(14)26-16-4-3-13(21)7-15(16)22/h3-4,7-9,11H,2,5-6,23H2,1H3,(H,25,26). The zero-order valence-electron chi connectivity index (χ0n) is 15.1. The number of pyridine rings is 1. The van der Waals surface area contributed by atoms with E-state index in [4.69, 9.17) is 26.8 Å². The number of nitrogens with two attached hydrogens (primary N) is 1. The highest BCUT2D eigenvalue weighted by atomic mass is 35.5. The highest BCUT2D eigenvalue weighted by Gasteiger charge is 2.15. The topological polar surface area (TPSA) is 93.2 Å². The molecule has 0 fully saturated rings. The Labute approximate surface area is 166 Å². The first-order valence-corrected chi connectivity index (χ1v) is 8.91. The number of halogens is 2. The maximum atomic E-state index is 14.3. The lowest BCUT2D eigenvalue weighted by molar-refractivity contribution is 0.292. The molecule has 2 aromatic carbocycles. The van der Waals surface area contributed by atoms with E-state index < -0.39 is 5.82 Å². The number of anilines is 2. The van der Waals surface area contributed by atoms with E-state index in [0.717, 1.165) is 0 Å². The minimum atomic E-state index is -0.532. The first-order chi connectivity index (χ1) is 13.6. The minimum absolute atomic E-state index is 0.190. The van der Waals surface area contributed by atoms with Crippen LogP contribution in [0.15, 0.2) is 36.5 Å². The van der Waals surface area contributed by atoms with Gasteiger partial charge in [0.1, 0.15) is 11.9 Å². The number of nitrogens with zero attached hydrogens (tertiary/aromatic N) is 2. The van der Waals surface area contributed by atoms with Crippen molar-refractivity contribution >= 4 is 33.9 Å². The second kappa shape index (κ2) is 8.74. The third-order valence-corrected chi connectivity index (χ3v) is 4.31. The van der Waals surface area contributed by atoms with Gasteiger partial charge in [0.15, 0.2) is 11.5 Å². The van der Waals surface area contributed by atoms with Gasteiger partial charge in [0.05, 0.1) is 36.2 Å². The normalized spacial score (nSPS) is 10.5. The van der Waals surface area contributed by atoms with Crippen LogP contribution in [0.3, 0.4) is 0 Å². The smallest absolute Gasteiger partial charge is 0.163 e. The molecule has 0 saturated carbocycles. The molecule has 0 amide bonds. The molecule has 1 heterocycles. The van der Waals surface area contributed by atoms with E-state index in [1.807, 2.05) is 0 Å². The summed E-state index contributed by atoms with van der Waals surface area (Å²) in [6.45, 7) is 0.955. The third-order valence-electron chi connectivity index (χ3n) is 4.07. The molecule has 0 aliphatic heterocycles. The van der Waals surface area contributed by atoms with Gasteiger partial charge >= 0.3 is 0 Å². The van der Waals surface area contributed by atoms with Crippen LogP contribution in [0.2, 0.25) is 5.02 Å². The minimum Gasteiger partial charge on any atom is -0.493 e. The van der Waals surface area contributed by atoms with Crippen molar-refractivity contribution in [2.45, 2.75) is 6.42 Å². The van der Waals surface area contributed by atoms with Crippen molar-refractivity contribution in [1.29, 1.82) is 5.26 Å². The maximum absolute atomic E-state index is 14.3. The molecule has 6 nitrogen and oxygen atoms in total. The van der Waals surface area contributed by atoms with E-state index >= 15 is 0 Å². The van der Waals surface area contributed by atoms with Crippen LogP contribution in [-0.4, -0.2) is 25.2 Å². The highest BCUT2D eigenvalue weighted by molar-refractivity contribution is 6.30. The van der Waals surface area contributed by atoms with E-state index in [2.05, 4.69) is 16.4 Å². The van der Waals surface area contributed by atoms with Crippen LogP contribution in [-0.2, 0) is 0 Å².